The molecule has 1 amide bonds. The molecular formula is C15H20N6O. The lowest BCUT2D eigenvalue weighted by Gasteiger charge is -2.15. The van der Waals surface area contributed by atoms with Crippen LogP contribution in [0.5, 0.6) is 0 Å². The van der Waals surface area contributed by atoms with E-state index in [9.17, 15) is 4.79 Å². The minimum Gasteiger partial charge on any atom is -0.363 e. The average molecular weight is 300 g/mol. The highest BCUT2D eigenvalue weighted by Crippen LogP contribution is 2.19. The second-order valence-corrected chi connectivity index (χ2v) is 5.72. The van der Waals surface area contributed by atoms with E-state index in [0.29, 0.717) is 5.56 Å². The molecule has 3 rings (SSSR count). The summed E-state index contributed by atoms with van der Waals surface area (Å²) in [6.45, 7) is 2.86. The van der Waals surface area contributed by atoms with Gasteiger partial charge in [-0.05, 0) is 25.5 Å². The van der Waals surface area contributed by atoms with Gasteiger partial charge in [-0.2, -0.15) is 0 Å². The van der Waals surface area contributed by atoms with Gasteiger partial charge in [0.2, 0.25) is 0 Å². The summed E-state index contributed by atoms with van der Waals surface area (Å²) in [6.07, 6.45) is 3.70. The number of nitrogens with one attached hydrogen (secondary N) is 1. The van der Waals surface area contributed by atoms with Crippen LogP contribution >= 0.6 is 0 Å². The van der Waals surface area contributed by atoms with E-state index in [0.717, 1.165) is 36.9 Å². The topological polar surface area (TPSA) is 75.9 Å². The summed E-state index contributed by atoms with van der Waals surface area (Å²) in [7, 11) is 3.79. The number of aryl methyl sites for hydroxylation is 1. The molecule has 0 bridgehead atoms. The molecule has 0 radical (unpaired) electrons. The highest BCUT2D eigenvalue weighted by Gasteiger charge is 2.22. The summed E-state index contributed by atoms with van der Waals surface area (Å²) >= 11 is 0. The maximum Gasteiger partial charge on any atom is 0.252 e. The van der Waals surface area contributed by atoms with Crippen molar-refractivity contribution in [3.63, 3.8) is 0 Å². The van der Waals surface area contributed by atoms with Gasteiger partial charge >= 0.3 is 0 Å². The van der Waals surface area contributed by atoms with E-state index in [2.05, 4.69) is 25.1 Å². The van der Waals surface area contributed by atoms with E-state index in [-0.39, 0.29) is 11.9 Å². The standard InChI is InChI=1S/C15H20N6O/c1-10(14-19-18-12-5-4-8-21(12)14)17-15(22)11-6-7-16-13(9-11)20(2)3/h6-7,9-10H,4-5,8H2,1-3H3,(H,17,22)/t10-/m0/s1. The van der Waals surface area contributed by atoms with Crippen LogP contribution in [0.2, 0.25) is 0 Å². The molecule has 0 fully saturated rings. The van der Waals surface area contributed by atoms with Crippen molar-refractivity contribution in [2.45, 2.75) is 32.4 Å². The predicted octanol–water partition coefficient (Wildman–Crippen LogP) is 1.18. The van der Waals surface area contributed by atoms with Crippen LogP contribution in [0.4, 0.5) is 5.82 Å². The van der Waals surface area contributed by atoms with Crippen molar-refractivity contribution in [2.75, 3.05) is 19.0 Å². The minimum atomic E-state index is -0.178. The third-order valence-electron chi connectivity index (χ3n) is 3.84. The van der Waals surface area contributed by atoms with E-state index in [1.807, 2.05) is 25.9 Å². The number of carbonyl (C=O) groups excluding carboxylic acids is 1. The molecule has 2 aromatic heterocycles. The number of amides is 1. The Hall–Kier alpha value is -2.44. The maximum atomic E-state index is 12.4. The number of hydrogen-bond acceptors (Lipinski definition) is 5. The van der Waals surface area contributed by atoms with E-state index in [1.165, 1.54) is 0 Å². The van der Waals surface area contributed by atoms with Crippen molar-refractivity contribution < 1.29 is 4.79 Å². The van der Waals surface area contributed by atoms with Crippen LogP contribution in [0.3, 0.4) is 0 Å². The first-order valence-corrected chi connectivity index (χ1v) is 7.42. The number of rotatable bonds is 4. The molecule has 0 unspecified atom stereocenters. The molecule has 1 aliphatic rings. The van der Waals surface area contributed by atoms with Crippen LogP contribution in [0, 0.1) is 0 Å². The van der Waals surface area contributed by atoms with Gasteiger partial charge in [0.1, 0.15) is 11.6 Å². The summed E-state index contributed by atoms with van der Waals surface area (Å²) < 4.78 is 2.10. The van der Waals surface area contributed by atoms with Crippen molar-refractivity contribution in [1.82, 2.24) is 25.1 Å². The van der Waals surface area contributed by atoms with Gasteiger partial charge in [0.05, 0.1) is 6.04 Å². The zero-order valence-electron chi connectivity index (χ0n) is 13.1. The van der Waals surface area contributed by atoms with Gasteiger partial charge in [0.25, 0.3) is 5.91 Å². The maximum absolute atomic E-state index is 12.4. The first kappa shape index (κ1) is 14.5. The normalized spacial score (nSPS) is 14.5. The molecule has 0 aromatic carbocycles. The summed E-state index contributed by atoms with van der Waals surface area (Å²) in [4.78, 5) is 18.5. The van der Waals surface area contributed by atoms with Crippen molar-refractivity contribution in [1.29, 1.82) is 0 Å². The van der Waals surface area contributed by atoms with Gasteiger partial charge in [-0.1, -0.05) is 0 Å². The fourth-order valence-electron chi connectivity index (χ4n) is 2.64. The molecule has 7 heteroatoms. The van der Waals surface area contributed by atoms with Crippen LogP contribution in [0.15, 0.2) is 18.3 Å². The average Bonchev–Trinajstić information content (AvgIpc) is 3.09. The van der Waals surface area contributed by atoms with Crippen LogP contribution in [-0.4, -0.2) is 39.8 Å². The Balaban J connectivity index is 1.75. The highest BCUT2D eigenvalue weighted by molar-refractivity contribution is 5.95. The van der Waals surface area contributed by atoms with Crippen molar-refractivity contribution in [3.8, 4) is 0 Å². The van der Waals surface area contributed by atoms with Gasteiger partial charge in [-0.15, -0.1) is 10.2 Å². The van der Waals surface area contributed by atoms with Gasteiger partial charge in [0, 0.05) is 38.8 Å². The van der Waals surface area contributed by atoms with Gasteiger partial charge in [0.15, 0.2) is 5.82 Å². The molecule has 116 valence electrons. The molecule has 3 heterocycles. The molecule has 7 nitrogen and oxygen atoms in total. The number of hydrogen-bond donors (Lipinski definition) is 1. The van der Waals surface area contributed by atoms with E-state index in [1.54, 1.807) is 18.3 Å². The quantitative estimate of drug-likeness (QED) is 0.917. The number of anilines is 1. The molecule has 0 saturated carbocycles. The molecule has 0 saturated heterocycles. The van der Waals surface area contributed by atoms with Gasteiger partial charge < -0.3 is 14.8 Å². The third kappa shape index (κ3) is 2.66. The fraction of sp³-hybridized carbons (Fsp3) is 0.467. The zero-order valence-corrected chi connectivity index (χ0v) is 13.1. The Labute approximate surface area is 129 Å². The number of nitrogens with zero attached hydrogens (tertiary/aromatic N) is 5. The van der Waals surface area contributed by atoms with E-state index < -0.39 is 0 Å². The lowest BCUT2D eigenvalue weighted by Crippen LogP contribution is -2.29. The Bertz CT molecular complexity index is 693. The van der Waals surface area contributed by atoms with Crippen LogP contribution in [0.1, 0.15) is 41.4 Å². The lowest BCUT2D eigenvalue weighted by molar-refractivity contribution is 0.0937. The van der Waals surface area contributed by atoms with Crippen molar-refractivity contribution in [2.24, 2.45) is 0 Å². The van der Waals surface area contributed by atoms with E-state index in [4.69, 9.17) is 0 Å². The van der Waals surface area contributed by atoms with Crippen LogP contribution < -0.4 is 10.2 Å². The Morgan fingerprint density at radius 3 is 3.00 bits per heavy atom. The Kier molecular flexibility index (Phi) is 3.79. The largest absolute Gasteiger partial charge is 0.363 e. The monoisotopic (exact) mass is 300 g/mol. The number of carbonyl (C=O) groups is 1. The van der Waals surface area contributed by atoms with Crippen LogP contribution in [-0.2, 0) is 13.0 Å². The predicted molar refractivity (Wildman–Crippen MR) is 82.8 cm³/mol. The fourth-order valence-corrected chi connectivity index (χ4v) is 2.64. The van der Waals surface area contributed by atoms with Crippen molar-refractivity contribution in [3.05, 3.63) is 35.5 Å². The first-order valence-electron chi connectivity index (χ1n) is 7.42. The molecule has 1 atom stereocenters. The Morgan fingerprint density at radius 2 is 2.23 bits per heavy atom. The number of fused-ring (bicyclic) bond motifs is 1. The highest BCUT2D eigenvalue weighted by atomic mass is 16.1. The minimum absolute atomic E-state index is 0.131. The second kappa shape index (κ2) is 5.75. The van der Waals surface area contributed by atoms with Crippen molar-refractivity contribution >= 4 is 11.7 Å². The van der Waals surface area contributed by atoms with Gasteiger partial charge in [-0.3, -0.25) is 4.79 Å². The molecular weight excluding hydrogens is 280 g/mol. The number of aromatic nitrogens is 4. The molecule has 0 spiro atoms. The third-order valence-corrected chi connectivity index (χ3v) is 3.84. The smallest absolute Gasteiger partial charge is 0.252 e. The summed E-state index contributed by atoms with van der Waals surface area (Å²) in [6, 6.07) is 3.31. The summed E-state index contributed by atoms with van der Waals surface area (Å²) in [5.41, 5.74) is 0.590. The Morgan fingerprint density at radius 1 is 1.41 bits per heavy atom. The second-order valence-electron chi connectivity index (χ2n) is 5.72. The lowest BCUT2D eigenvalue weighted by atomic mass is 10.2. The molecule has 2 aromatic rings. The summed E-state index contributed by atoms with van der Waals surface area (Å²) in [5, 5.41) is 11.4. The van der Waals surface area contributed by atoms with Crippen LogP contribution in [0.25, 0.3) is 0 Å². The number of pyridine rings is 1. The molecule has 22 heavy (non-hydrogen) atoms. The molecule has 1 aliphatic heterocycles. The zero-order chi connectivity index (χ0) is 15.7. The first-order chi connectivity index (χ1) is 10.6. The molecule has 0 aliphatic carbocycles. The SMILES string of the molecule is C[C@H](NC(=O)c1ccnc(N(C)C)c1)c1nnc2n1CCC2. The molecule has 1 N–H and O–H groups in total. The van der Waals surface area contributed by atoms with Gasteiger partial charge in [-0.25, -0.2) is 4.98 Å². The van der Waals surface area contributed by atoms with E-state index >= 15 is 0 Å². The summed E-state index contributed by atoms with van der Waals surface area (Å²) in [5.74, 6) is 2.45.